The molecule has 52 valence electrons. The minimum atomic E-state index is -1.04. The topological polar surface area (TPSA) is 78.4 Å². The smallest absolute Gasteiger partial charge is 0.332 e. The number of amides is 2. The largest absolute Gasteiger partial charge is 0.348 e. The van der Waals surface area contributed by atoms with Crippen LogP contribution in [-0.2, 0) is 9.59 Å². The SMILES string of the molecule is CCNC(=O)C(=O)NO. The highest BCUT2D eigenvalue weighted by Crippen LogP contribution is 1.63. The number of hydrogen-bond acceptors (Lipinski definition) is 3. The van der Waals surface area contributed by atoms with Crippen LogP contribution in [0.15, 0.2) is 0 Å². The van der Waals surface area contributed by atoms with Crippen LogP contribution in [0.1, 0.15) is 6.92 Å². The van der Waals surface area contributed by atoms with E-state index in [1.807, 2.05) is 0 Å². The van der Waals surface area contributed by atoms with E-state index in [1.54, 1.807) is 6.92 Å². The zero-order chi connectivity index (χ0) is 7.28. The summed E-state index contributed by atoms with van der Waals surface area (Å²) in [6.45, 7) is 2.04. The number of carbonyl (C=O) groups is 2. The number of rotatable bonds is 1. The maximum Gasteiger partial charge on any atom is 0.332 e. The molecule has 0 rings (SSSR count). The standard InChI is InChI=1S/C4H8N2O3/c1-2-5-3(7)4(8)6-9/h9H,2H2,1H3,(H,5,7)(H,6,8). The van der Waals surface area contributed by atoms with Crippen LogP contribution in [0, 0.1) is 0 Å². The Balaban J connectivity index is 3.60. The molecular weight excluding hydrogens is 124 g/mol. The van der Waals surface area contributed by atoms with E-state index < -0.39 is 11.8 Å². The highest BCUT2D eigenvalue weighted by Gasteiger charge is 2.08. The molecule has 2 amide bonds. The molecule has 0 aliphatic carbocycles. The molecule has 5 heteroatoms. The molecule has 0 fully saturated rings. The second-order valence-electron chi connectivity index (χ2n) is 1.30. The summed E-state index contributed by atoms with van der Waals surface area (Å²) in [6, 6.07) is 0. The Hall–Kier alpha value is -1.10. The maximum atomic E-state index is 10.3. The monoisotopic (exact) mass is 132 g/mol. The predicted octanol–water partition coefficient (Wildman–Crippen LogP) is -1.37. The van der Waals surface area contributed by atoms with Gasteiger partial charge in [0.1, 0.15) is 0 Å². The Labute approximate surface area is 52.0 Å². The van der Waals surface area contributed by atoms with Crippen molar-refractivity contribution in [1.82, 2.24) is 10.8 Å². The fraction of sp³-hybridized carbons (Fsp3) is 0.500. The number of hydroxylamine groups is 1. The van der Waals surface area contributed by atoms with Crippen molar-refractivity contribution in [1.29, 1.82) is 0 Å². The number of hydrogen-bond donors (Lipinski definition) is 3. The minimum Gasteiger partial charge on any atom is -0.348 e. The summed E-state index contributed by atoms with van der Waals surface area (Å²) in [6.07, 6.45) is 0. The second-order valence-corrected chi connectivity index (χ2v) is 1.30. The van der Waals surface area contributed by atoms with E-state index in [0.29, 0.717) is 6.54 Å². The van der Waals surface area contributed by atoms with Gasteiger partial charge >= 0.3 is 11.8 Å². The van der Waals surface area contributed by atoms with Crippen LogP contribution < -0.4 is 10.8 Å². The fourth-order valence-corrected chi connectivity index (χ4v) is 0.292. The molecule has 5 nitrogen and oxygen atoms in total. The highest BCUT2D eigenvalue weighted by atomic mass is 16.5. The van der Waals surface area contributed by atoms with Crippen molar-refractivity contribution in [3.8, 4) is 0 Å². The summed E-state index contributed by atoms with van der Waals surface area (Å²) >= 11 is 0. The molecule has 0 aliphatic heterocycles. The number of likely N-dealkylation sites (N-methyl/N-ethyl adjacent to an activating group) is 1. The molecule has 0 bridgehead atoms. The molecule has 9 heavy (non-hydrogen) atoms. The Kier molecular flexibility index (Phi) is 3.38. The van der Waals surface area contributed by atoms with Crippen LogP contribution >= 0.6 is 0 Å². The lowest BCUT2D eigenvalue weighted by atomic mass is 10.5. The van der Waals surface area contributed by atoms with Crippen molar-refractivity contribution in [2.24, 2.45) is 0 Å². The summed E-state index contributed by atoms with van der Waals surface area (Å²) in [5.74, 6) is -1.88. The normalized spacial score (nSPS) is 8.22. The molecule has 0 aromatic heterocycles. The van der Waals surface area contributed by atoms with Gasteiger partial charge in [0.05, 0.1) is 0 Å². The summed E-state index contributed by atoms with van der Waals surface area (Å²) in [7, 11) is 0. The predicted molar refractivity (Wildman–Crippen MR) is 28.6 cm³/mol. The minimum absolute atomic E-state index is 0.367. The third-order valence-corrected chi connectivity index (χ3v) is 0.645. The molecule has 3 N–H and O–H groups in total. The summed E-state index contributed by atoms with van der Waals surface area (Å²) in [4.78, 5) is 20.4. The molecule has 0 heterocycles. The van der Waals surface area contributed by atoms with Gasteiger partial charge in [0.2, 0.25) is 0 Å². The molecule has 0 atom stereocenters. The molecule has 0 spiro atoms. The van der Waals surface area contributed by atoms with E-state index in [4.69, 9.17) is 5.21 Å². The van der Waals surface area contributed by atoms with Gasteiger partial charge in [-0.1, -0.05) is 0 Å². The van der Waals surface area contributed by atoms with Gasteiger partial charge in [-0.05, 0) is 6.92 Å². The first kappa shape index (κ1) is 7.90. The zero-order valence-corrected chi connectivity index (χ0v) is 4.97. The lowest BCUT2D eigenvalue weighted by Crippen LogP contribution is -2.38. The average Bonchev–Trinajstić information content (AvgIpc) is 1.87. The first-order valence-electron chi connectivity index (χ1n) is 2.44. The van der Waals surface area contributed by atoms with Gasteiger partial charge in [0.15, 0.2) is 0 Å². The average molecular weight is 132 g/mol. The Morgan fingerprint density at radius 3 is 2.33 bits per heavy atom. The van der Waals surface area contributed by atoms with Gasteiger partial charge in [0.25, 0.3) is 0 Å². The van der Waals surface area contributed by atoms with E-state index >= 15 is 0 Å². The van der Waals surface area contributed by atoms with Gasteiger partial charge in [0, 0.05) is 6.54 Å². The van der Waals surface area contributed by atoms with Crippen LogP contribution in [0.4, 0.5) is 0 Å². The lowest BCUT2D eigenvalue weighted by molar-refractivity contribution is -0.144. The van der Waals surface area contributed by atoms with E-state index in [-0.39, 0.29) is 0 Å². The Morgan fingerprint density at radius 2 is 2.00 bits per heavy atom. The van der Waals surface area contributed by atoms with Crippen LogP contribution in [-0.4, -0.2) is 23.6 Å². The van der Waals surface area contributed by atoms with E-state index in [0.717, 1.165) is 0 Å². The van der Waals surface area contributed by atoms with Crippen LogP contribution in [0.25, 0.3) is 0 Å². The maximum absolute atomic E-state index is 10.3. The van der Waals surface area contributed by atoms with Crippen molar-refractivity contribution in [3.05, 3.63) is 0 Å². The lowest BCUT2D eigenvalue weighted by Gasteiger charge is -1.96. The van der Waals surface area contributed by atoms with E-state index in [2.05, 4.69) is 5.32 Å². The van der Waals surface area contributed by atoms with Gasteiger partial charge in [-0.3, -0.25) is 14.8 Å². The van der Waals surface area contributed by atoms with Crippen molar-refractivity contribution < 1.29 is 14.8 Å². The van der Waals surface area contributed by atoms with Gasteiger partial charge in [-0.25, -0.2) is 5.48 Å². The molecule has 0 aromatic rings. The molecule has 0 saturated heterocycles. The summed E-state index contributed by atoms with van der Waals surface area (Å²) < 4.78 is 0. The van der Waals surface area contributed by atoms with E-state index in [9.17, 15) is 9.59 Å². The fourth-order valence-electron chi connectivity index (χ4n) is 0.292. The van der Waals surface area contributed by atoms with Crippen LogP contribution in [0.5, 0.6) is 0 Å². The second kappa shape index (κ2) is 3.85. The quantitative estimate of drug-likeness (QED) is 0.234. The highest BCUT2D eigenvalue weighted by molar-refractivity contribution is 6.34. The molecular formula is C4H8N2O3. The Bertz CT molecular complexity index is 123. The van der Waals surface area contributed by atoms with Crippen molar-refractivity contribution >= 4 is 11.8 Å². The zero-order valence-electron chi connectivity index (χ0n) is 4.97. The third-order valence-electron chi connectivity index (χ3n) is 0.645. The van der Waals surface area contributed by atoms with Crippen LogP contribution in [0.2, 0.25) is 0 Å². The first-order valence-corrected chi connectivity index (χ1v) is 2.44. The molecule has 0 saturated carbocycles. The molecule has 0 radical (unpaired) electrons. The molecule has 0 unspecified atom stereocenters. The van der Waals surface area contributed by atoms with Crippen molar-refractivity contribution in [2.75, 3.05) is 6.54 Å². The summed E-state index contributed by atoms with van der Waals surface area (Å²) in [5, 5.41) is 10.1. The van der Waals surface area contributed by atoms with Gasteiger partial charge in [-0.15, -0.1) is 0 Å². The Morgan fingerprint density at radius 1 is 1.44 bits per heavy atom. The summed E-state index contributed by atoms with van der Waals surface area (Å²) in [5.41, 5.74) is 1.20. The van der Waals surface area contributed by atoms with Crippen molar-refractivity contribution in [2.45, 2.75) is 6.92 Å². The molecule has 0 aliphatic rings. The van der Waals surface area contributed by atoms with Crippen molar-refractivity contribution in [3.63, 3.8) is 0 Å². The van der Waals surface area contributed by atoms with Gasteiger partial charge in [-0.2, -0.15) is 0 Å². The first-order chi connectivity index (χ1) is 4.22. The van der Waals surface area contributed by atoms with Crippen LogP contribution in [0.3, 0.4) is 0 Å². The van der Waals surface area contributed by atoms with E-state index in [1.165, 1.54) is 5.48 Å². The molecule has 0 aromatic carbocycles. The van der Waals surface area contributed by atoms with Gasteiger partial charge < -0.3 is 5.32 Å². The number of nitrogens with one attached hydrogen (secondary N) is 2. The third kappa shape index (κ3) is 2.65. The number of carbonyl (C=O) groups excluding carboxylic acids is 2.